The van der Waals surface area contributed by atoms with Crippen LogP contribution in [0.25, 0.3) is 0 Å². The summed E-state index contributed by atoms with van der Waals surface area (Å²) in [6.45, 7) is 3.75. The first-order valence-electron chi connectivity index (χ1n) is 6.40. The van der Waals surface area contributed by atoms with Gasteiger partial charge in [-0.1, -0.05) is 17.7 Å². The lowest BCUT2D eigenvalue weighted by Crippen LogP contribution is -2.21. The molecule has 0 bridgehead atoms. The Labute approximate surface area is 136 Å². The molecule has 2 aromatic carbocycles. The number of halogens is 2. The molecule has 0 saturated carbocycles. The number of carbonyl (C=O) groups is 1. The summed E-state index contributed by atoms with van der Waals surface area (Å²) in [5, 5.41) is 2.50. The average Bonchev–Trinajstić information content (AvgIpc) is 2.41. The molecule has 1 amide bonds. The highest BCUT2D eigenvalue weighted by Crippen LogP contribution is 2.19. The summed E-state index contributed by atoms with van der Waals surface area (Å²) < 4.78 is 19.8. The van der Waals surface area contributed by atoms with Crippen LogP contribution in [0.4, 0.5) is 10.1 Å². The van der Waals surface area contributed by atoms with Crippen LogP contribution >= 0.6 is 22.6 Å². The first-order chi connectivity index (χ1) is 9.95. The maximum atomic E-state index is 13.6. The maximum absolute atomic E-state index is 13.6. The summed E-state index contributed by atoms with van der Waals surface area (Å²) in [5.41, 5.74) is 2.25. The van der Waals surface area contributed by atoms with E-state index in [-0.39, 0.29) is 12.3 Å². The zero-order valence-corrected chi connectivity index (χ0v) is 13.9. The number of aryl methyl sites for hydroxylation is 2. The van der Waals surface area contributed by atoms with Gasteiger partial charge in [0.05, 0.1) is 5.69 Å². The van der Waals surface area contributed by atoms with Crippen LogP contribution in [0.15, 0.2) is 36.4 Å². The van der Waals surface area contributed by atoms with Gasteiger partial charge in [0.1, 0.15) is 11.6 Å². The SMILES string of the molecule is Cc1ccc(OCC(=O)Nc2ccc(I)cc2F)c(C)c1. The number of rotatable bonds is 4. The molecule has 0 aromatic heterocycles. The number of benzene rings is 2. The minimum Gasteiger partial charge on any atom is -0.483 e. The van der Waals surface area contributed by atoms with Gasteiger partial charge in [-0.25, -0.2) is 4.39 Å². The second kappa shape index (κ2) is 6.89. The number of hydrogen-bond acceptors (Lipinski definition) is 2. The van der Waals surface area contributed by atoms with Crippen LogP contribution in [0.1, 0.15) is 11.1 Å². The van der Waals surface area contributed by atoms with Crippen molar-refractivity contribution in [1.29, 1.82) is 0 Å². The fourth-order valence-electron chi connectivity index (χ4n) is 1.88. The molecule has 0 aliphatic rings. The molecule has 3 nitrogen and oxygen atoms in total. The Kier molecular flexibility index (Phi) is 5.17. The number of hydrogen-bond donors (Lipinski definition) is 1. The lowest BCUT2D eigenvalue weighted by molar-refractivity contribution is -0.118. The Morgan fingerprint density at radius 1 is 1.24 bits per heavy atom. The lowest BCUT2D eigenvalue weighted by Gasteiger charge is -2.10. The molecule has 0 saturated heterocycles. The van der Waals surface area contributed by atoms with Crippen LogP contribution in [0.5, 0.6) is 5.75 Å². The van der Waals surface area contributed by atoms with E-state index in [2.05, 4.69) is 5.32 Å². The van der Waals surface area contributed by atoms with Gasteiger partial charge < -0.3 is 10.1 Å². The Morgan fingerprint density at radius 2 is 2.00 bits per heavy atom. The minimum absolute atomic E-state index is 0.157. The van der Waals surface area contributed by atoms with Crippen molar-refractivity contribution in [3.8, 4) is 5.75 Å². The minimum atomic E-state index is -0.457. The molecule has 0 radical (unpaired) electrons. The van der Waals surface area contributed by atoms with Crippen LogP contribution in [0.2, 0.25) is 0 Å². The Balaban J connectivity index is 1.96. The molecule has 5 heteroatoms. The second-order valence-corrected chi connectivity index (χ2v) is 5.98. The highest BCUT2D eigenvalue weighted by atomic mass is 127. The van der Waals surface area contributed by atoms with Crippen molar-refractivity contribution in [2.75, 3.05) is 11.9 Å². The zero-order chi connectivity index (χ0) is 15.4. The van der Waals surface area contributed by atoms with Crippen molar-refractivity contribution >= 4 is 34.2 Å². The summed E-state index contributed by atoms with van der Waals surface area (Å²) in [5.74, 6) is -0.198. The van der Waals surface area contributed by atoms with Gasteiger partial charge in [0.2, 0.25) is 0 Å². The van der Waals surface area contributed by atoms with Crippen LogP contribution in [-0.2, 0) is 4.79 Å². The number of amides is 1. The number of anilines is 1. The summed E-state index contributed by atoms with van der Waals surface area (Å²) in [7, 11) is 0. The molecule has 0 atom stereocenters. The molecule has 0 spiro atoms. The molecule has 110 valence electrons. The van der Waals surface area contributed by atoms with Crippen molar-refractivity contribution in [3.63, 3.8) is 0 Å². The molecular formula is C16H15FINO2. The van der Waals surface area contributed by atoms with Gasteiger partial charge in [0, 0.05) is 3.57 Å². The molecule has 0 heterocycles. The van der Waals surface area contributed by atoms with Gasteiger partial charge in [-0.05, 0) is 66.3 Å². The van der Waals surface area contributed by atoms with Crippen molar-refractivity contribution in [3.05, 3.63) is 56.9 Å². The molecule has 21 heavy (non-hydrogen) atoms. The highest BCUT2D eigenvalue weighted by Gasteiger charge is 2.09. The Morgan fingerprint density at radius 3 is 2.67 bits per heavy atom. The van der Waals surface area contributed by atoms with Gasteiger partial charge in [0.15, 0.2) is 6.61 Å². The van der Waals surface area contributed by atoms with E-state index in [1.54, 1.807) is 6.07 Å². The quantitative estimate of drug-likeness (QED) is 0.788. The van der Waals surface area contributed by atoms with E-state index in [1.807, 2.05) is 54.6 Å². The monoisotopic (exact) mass is 399 g/mol. The first-order valence-corrected chi connectivity index (χ1v) is 7.48. The molecule has 0 fully saturated rings. The molecular weight excluding hydrogens is 384 g/mol. The predicted molar refractivity (Wildman–Crippen MR) is 89.2 cm³/mol. The molecule has 2 rings (SSSR count). The average molecular weight is 399 g/mol. The van der Waals surface area contributed by atoms with E-state index >= 15 is 0 Å². The molecule has 0 aliphatic heterocycles. The second-order valence-electron chi connectivity index (χ2n) is 4.73. The first kappa shape index (κ1) is 15.8. The summed E-state index contributed by atoms with van der Waals surface area (Å²) in [6, 6.07) is 10.3. The number of carbonyl (C=O) groups excluding carboxylic acids is 1. The van der Waals surface area contributed by atoms with E-state index in [9.17, 15) is 9.18 Å². The Hall–Kier alpha value is -1.63. The summed E-state index contributed by atoms with van der Waals surface area (Å²) in [6.07, 6.45) is 0. The molecule has 0 aliphatic carbocycles. The third-order valence-electron chi connectivity index (χ3n) is 2.89. The van der Waals surface area contributed by atoms with E-state index in [0.717, 1.165) is 14.7 Å². The van der Waals surface area contributed by atoms with Crippen LogP contribution in [0.3, 0.4) is 0 Å². The van der Waals surface area contributed by atoms with Crippen LogP contribution in [-0.4, -0.2) is 12.5 Å². The van der Waals surface area contributed by atoms with Crippen molar-refractivity contribution < 1.29 is 13.9 Å². The largest absolute Gasteiger partial charge is 0.483 e. The van der Waals surface area contributed by atoms with E-state index in [1.165, 1.54) is 12.1 Å². The third-order valence-corrected chi connectivity index (χ3v) is 3.57. The fraction of sp³-hybridized carbons (Fsp3) is 0.188. The summed E-state index contributed by atoms with van der Waals surface area (Å²) >= 11 is 2.01. The van der Waals surface area contributed by atoms with E-state index in [0.29, 0.717) is 5.75 Å². The maximum Gasteiger partial charge on any atom is 0.262 e. The smallest absolute Gasteiger partial charge is 0.262 e. The van der Waals surface area contributed by atoms with Crippen LogP contribution < -0.4 is 10.1 Å². The third kappa shape index (κ3) is 4.42. The lowest BCUT2D eigenvalue weighted by atomic mass is 10.1. The number of ether oxygens (including phenoxy) is 1. The predicted octanol–water partition coefficient (Wildman–Crippen LogP) is 4.06. The molecule has 0 unspecified atom stereocenters. The molecule has 1 N–H and O–H groups in total. The number of nitrogens with one attached hydrogen (secondary N) is 1. The molecule has 2 aromatic rings. The van der Waals surface area contributed by atoms with Gasteiger partial charge in [-0.15, -0.1) is 0 Å². The standard InChI is InChI=1S/C16H15FINO2/c1-10-3-6-15(11(2)7-10)21-9-16(20)19-14-5-4-12(18)8-13(14)17/h3-8H,9H2,1-2H3,(H,19,20). The zero-order valence-electron chi connectivity index (χ0n) is 11.7. The summed E-state index contributed by atoms with van der Waals surface area (Å²) in [4.78, 5) is 11.8. The van der Waals surface area contributed by atoms with Gasteiger partial charge in [0.25, 0.3) is 5.91 Å². The van der Waals surface area contributed by atoms with Gasteiger partial charge in [-0.3, -0.25) is 4.79 Å². The topological polar surface area (TPSA) is 38.3 Å². The van der Waals surface area contributed by atoms with Crippen molar-refractivity contribution in [2.45, 2.75) is 13.8 Å². The van der Waals surface area contributed by atoms with E-state index < -0.39 is 11.7 Å². The Bertz CT molecular complexity index is 673. The normalized spacial score (nSPS) is 10.3. The highest BCUT2D eigenvalue weighted by molar-refractivity contribution is 14.1. The van der Waals surface area contributed by atoms with E-state index in [4.69, 9.17) is 4.74 Å². The van der Waals surface area contributed by atoms with Crippen molar-refractivity contribution in [2.24, 2.45) is 0 Å². The van der Waals surface area contributed by atoms with Gasteiger partial charge in [-0.2, -0.15) is 0 Å². The fourth-order valence-corrected chi connectivity index (χ4v) is 2.33. The van der Waals surface area contributed by atoms with Crippen molar-refractivity contribution in [1.82, 2.24) is 0 Å². The van der Waals surface area contributed by atoms with Crippen LogP contribution in [0, 0.1) is 23.2 Å². The van der Waals surface area contributed by atoms with Gasteiger partial charge >= 0.3 is 0 Å².